The van der Waals surface area contributed by atoms with Crippen molar-refractivity contribution in [1.29, 1.82) is 0 Å². The molecule has 4 nitrogen and oxygen atoms in total. The largest absolute Gasteiger partial charge is 0.312 e. The van der Waals surface area contributed by atoms with Crippen molar-refractivity contribution in [2.75, 3.05) is 5.75 Å². The van der Waals surface area contributed by atoms with Crippen LogP contribution in [0, 0.1) is 5.82 Å². The number of carbonyl (C=O) groups excluding carboxylic acids is 1. The molecule has 0 saturated heterocycles. The number of nitrogens with zero attached hydrogens (tertiary/aromatic N) is 3. The van der Waals surface area contributed by atoms with E-state index >= 15 is 0 Å². The smallest absolute Gasteiger partial charge is 0.190 e. The van der Waals surface area contributed by atoms with Crippen LogP contribution in [0.25, 0.3) is 0 Å². The Kier molecular flexibility index (Phi) is 4.09. The summed E-state index contributed by atoms with van der Waals surface area (Å²) in [6, 6.07) is 5.60. The second kappa shape index (κ2) is 5.77. The lowest BCUT2D eigenvalue weighted by molar-refractivity contribution is 0.0989. The first-order valence-electron chi connectivity index (χ1n) is 5.42. The standard InChI is InChI=1S/C12H12FN3OS/c1-16-8-14-15-12(16)18-7-6-11(17)9-2-4-10(13)5-3-9/h2-5,8H,6-7H2,1H3. The van der Waals surface area contributed by atoms with Gasteiger partial charge in [0, 0.05) is 24.8 Å². The van der Waals surface area contributed by atoms with Crippen LogP contribution < -0.4 is 0 Å². The summed E-state index contributed by atoms with van der Waals surface area (Å²) in [5.74, 6) is 0.299. The molecule has 0 N–H and O–H groups in total. The first-order valence-corrected chi connectivity index (χ1v) is 6.41. The lowest BCUT2D eigenvalue weighted by atomic mass is 10.1. The van der Waals surface area contributed by atoms with Crippen LogP contribution in [-0.4, -0.2) is 26.3 Å². The Hall–Kier alpha value is -1.69. The van der Waals surface area contributed by atoms with Gasteiger partial charge in [-0.25, -0.2) is 4.39 Å². The van der Waals surface area contributed by atoms with Gasteiger partial charge in [0.25, 0.3) is 0 Å². The van der Waals surface area contributed by atoms with Crippen LogP contribution in [0.3, 0.4) is 0 Å². The average molecular weight is 265 g/mol. The summed E-state index contributed by atoms with van der Waals surface area (Å²) < 4.78 is 14.5. The number of rotatable bonds is 5. The number of hydrogen-bond acceptors (Lipinski definition) is 4. The molecule has 0 atom stereocenters. The van der Waals surface area contributed by atoms with E-state index in [2.05, 4.69) is 10.2 Å². The third-order valence-corrected chi connectivity index (χ3v) is 3.43. The van der Waals surface area contributed by atoms with E-state index in [9.17, 15) is 9.18 Å². The third kappa shape index (κ3) is 3.16. The van der Waals surface area contributed by atoms with Crippen molar-refractivity contribution in [2.24, 2.45) is 7.05 Å². The van der Waals surface area contributed by atoms with Crippen molar-refractivity contribution in [3.63, 3.8) is 0 Å². The maximum atomic E-state index is 12.7. The third-order valence-electron chi connectivity index (χ3n) is 2.40. The minimum Gasteiger partial charge on any atom is -0.312 e. The first kappa shape index (κ1) is 12.8. The quantitative estimate of drug-likeness (QED) is 0.615. The SMILES string of the molecule is Cn1cnnc1SCCC(=O)c1ccc(F)cc1. The number of thioether (sulfide) groups is 1. The van der Waals surface area contributed by atoms with E-state index in [1.54, 1.807) is 10.9 Å². The maximum absolute atomic E-state index is 12.7. The van der Waals surface area contributed by atoms with E-state index < -0.39 is 0 Å². The zero-order valence-electron chi connectivity index (χ0n) is 9.84. The molecular weight excluding hydrogens is 253 g/mol. The second-order valence-corrected chi connectivity index (χ2v) is 4.82. The van der Waals surface area contributed by atoms with Gasteiger partial charge < -0.3 is 4.57 Å². The van der Waals surface area contributed by atoms with Gasteiger partial charge in [0.1, 0.15) is 12.1 Å². The van der Waals surface area contributed by atoms with Crippen LogP contribution in [0.4, 0.5) is 4.39 Å². The summed E-state index contributed by atoms with van der Waals surface area (Å²) >= 11 is 1.47. The van der Waals surface area contributed by atoms with Gasteiger partial charge in [0.05, 0.1) is 0 Å². The Balaban J connectivity index is 1.85. The Bertz CT molecular complexity index is 539. The molecule has 0 spiro atoms. The Labute approximate surface area is 108 Å². The number of aryl methyl sites for hydroxylation is 1. The van der Waals surface area contributed by atoms with Crippen molar-refractivity contribution in [3.05, 3.63) is 42.0 Å². The molecule has 6 heteroatoms. The minimum absolute atomic E-state index is 0.00432. The number of benzene rings is 1. The highest BCUT2D eigenvalue weighted by molar-refractivity contribution is 7.99. The number of halogens is 1. The van der Waals surface area contributed by atoms with Gasteiger partial charge in [-0.15, -0.1) is 10.2 Å². The maximum Gasteiger partial charge on any atom is 0.190 e. The molecule has 0 bridgehead atoms. The van der Waals surface area contributed by atoms with Gasteiger partial charge in [0.15, 0.2) is 10.9 Å². The molecule has 1 aromatic carbocycles. The van der Waals surface area contributed by atoms with E-state index in [0.29, 0.717) is 17.7 Å². The fraction of sp³-hybridized carbons (Fsp3) is 0.250. The van der Waals surface area contributed by atoms with Gasteiger partial charge in [0.2, 0.25) is 0 Å². The summed E-state index contributed by atoms with van der Waals surface area (Å²) in [4.78, 5) is 11.8. The summed E-state index contributed by atoms with van der Waals surface area (Å²) in [5.41, 5.74) is 0.537. The summed E-state index contributed by atoms with van der Waals surface area (Å²) in [7, 11) is 1.85. The number of hydrogen-bond donors (Lipinski definition) is 0. The Morgan fingerprint density at radius 1 is 1.39 bits per heavy atom. The van der Waals surface area contributed by atoms with Crippen molar-refractivity contribution in [1.82, 2.24) is 14.8 Å². The fourth-order valence-corrected chi connectivity index (χ4v) is 2.24. The molecule has 0 aliphatic rings. The van der Waals surface area contributed by atoms with Crippen LogP contribution in [0.2, 0.25) is 0 Å². The molecule has 0 amide bonds. The molecule has 0 fully saturated rings. The van der Waals surface area contributed by atoms with Crippen LogP contribution in [0.5, 0.6) is 0 Å². The van der Waals surface area contributed by atoms with Crippen LogP contribution in [0.15, 0.2) is 35.7 Å². The molecule has 0 aliphatic heterocycles. The number of carbonyl (C=O) groups is 1. The highest BCUT2D eigenvalue weighted by atomic mass is 32.2. The highest BCUT2D eigenvalue weighted by Gasteiger charge is 2.07. The van der Waals surface area contributed by atoms with Gasteiger partial charge in [-0.3, -0.25) is 4.79 Å². The second-order valence-electron chi connectivity index (χ2n) is 3.75. The van der Waals surface area contributed by atoms with Crippen molar-refractivity contribution in [2.45, 2.75) is 11.6 Å². The molecule has 94 valence electrons. The molecule has 0 radical (unpaired) electrons. The molecule has 18 heavy (non-hydrogen) atoms. The van der Waals surface area contributed by atoms with Crippen LogP contribution in [-0.2, 0) is 7.05 Å². The predicted octanol–water partition coefficient (Wildman–Crippen LogP) is 2.32. The van der Waals surface area contributed by atoms with E-state index in [-0.39, 0.29) is 11.6 Å². The van der Waals surface area contributed by atoms with E-state index in [4.69, 9.17) is 0 Å². The molecular formula is C12H12FN3OS. The van der Waals surface area contributed by atoms with Gasteiger partial charge in [-0.05, 0) is 24.3 Å². The lowest BCUT2D eigenvalue weighted by Crippen LogP contribution is -2.01. The molecule has 0 unspecified atom stereocenters. The van der Waals surface area contributed by atoms with Crippen molar-refractivity contribution < 1.29 is 9.18 Å². The summed E-state index contributed by atoms with van der Waals surface area (Å²) in [6.45, 7) is 0. The lowest BCUT2D eigenvalue weighted by Gasteiger charge is -2.01. The van der Waals surface area contributed by atoms with Crippen molar-refractivity contribution in [3.8, 4) is 0 Å². The number of Topliss-reactive ketones (excluding diaryl/α,β-unsaturated/α-hetero) is 1. The molecule has 2 aromatic rings. The molecule has 1 heterocycles. The van der Waals surface area contributed by atoms with Gasteiger partial charge in [-0.2, -0.15) is 0 Å². The van der Waals surface area contributed by atoms with Gasteiger partial charge >= 0.3 is 0 Å². The molecule has 0 aliphatic carbocycles. The Morgan fingerprint density at radius 3 is 2.72 bits per heavy atom. The summed E-state index contributed by atoms with van der Waals surface area (Å²) in [5, 5.41) is 8.44. The van der Waals surface area contributed by atoms with E-state index in [0.717, 1.165) is 5.16 Å². The highest BCUT2D eigenvalue weighted by Crippen LogP contribution is 2.16. The molecule has 0 saturated carbocycles. The van der Waals surface area contributed by atoms with E-state index in [1.165, 1.54) is 36.0 Å². The minimum atomic E-state index is -0.333. The zero-order valence-corrected chi connectivity index (χ0v) is 10.7. The molecule has 2 rings (SSSR count). The predicted molar refractivity (Wildman–Crippen MR) is 67.1 cm³/mol. The summed E-state index contributed by atoms with van der Waals surface area (Å²) in [6.07, 6.45) is 2.01. The molecule has 1 aromatic heterocycles. The first-order chi connectivity index (χ1) is 8.66. The van der Waals surface area contributed by atoms with Crippen molar-refractivity contribution >= 4 is 17.5 Å². The number of aromatic nitrogens is 3. The van der Waals surface area contributed by atoms with Crippen LogP contribution in [0.1, 0.15) is 16.8 Å². The van der Waals surface area contributed by atoms with Gasteiger partial charge in [-0.1, -0.05) is 11.8 Å². The topological polar surface area (TPSA) is 47.8 Å². The number of ketones is 1. The zero-order chi connectivity index (χ0) is 13.0. The Morgan fingerprint density at radius 2 is 2.11 bits per heavy atom. The monoisotopic (exact) mass is 265 g/mol. The fourth-order valence-electron chi connectivity index (χ4n) is 1.42. The average Bonchev–Trinajstić information content (AvgIpc) is 2.76. The van der Waals surface area contributed by atoms with E-state index in [1.807, 2.05) is 7.05 Å². The normalized spacial score (nSPS) is 10.6. The van der Waals surface area contributed by atoms with Crippen LogP contribution >= 0.6 is 11.8 Å².